The average molecular weight is 362 g/mol. The van der Waals surface area contributed by atoms with Crippen LogP contribution in [-0.4, -0.2) is 22.0 Å². The molecule has 0 bridgehead atoms. The zero-order valence-electron chi connectivity index (χ0n) is 14.5. The molecule has 0 radical (unpaired) electrons. The van der Waals surface area contributed by atoms with Crippen LogP contribution in [0.3, 0.4) is 0 Å². The molecule has 2 N–H and O–H groups in total. The summed E-state index contributed by atoms with van der Waals surface area (Å²) in [5.41, 5.74) is 2.70. The molecule has 1 aliphatic rings. The Morgan fingerprint density at radius 3 is 2.74 bits per heavy atom. The Kier molecular flexibility index (Phi) is 4.65. The van der Waals surface area contributed by atoms with Crippen molar-refractivity contribution in [1.29, 1.82) is 0 Å². The first kappa shape index (κ1) is 17.0. The summed E-state index contributed by atoms with van der Waals surface area (Å²) in [7, 11) is 0. The first-order chi connectivity index (χ1) is 13.2. The molecule has 0 spiro atoms. The summed E-state index contributed by atoms with van der Waals surface area (Å²) in [6, 6.07) is 17.2. The van der Waals surface area contributed by atoms with Crippen molar-refractivity contribution in [1.82, 2.24) is 15.5 Å². The van der Waals surface area contributed by atoms with E-state index in [-0.39, 0.29) is 24.8 Å². The largest absolute Gasteiger partial charge is 0.347 e. The number of hydrogen-bond donors (Lipinski definition) is 2. The Morgan fingerprint density at radius 1 is 1.11 bits per heavy atom. The molecule has 2 amide bonds. The predicted molar refractivity (Wildman–Crippen MR) is 97.8 cm³/mol. The van der Waals surface area contributed by atoms with Crippen molar-refractivity contribution < 1.29 is 14.1 Å². The topological polar surface area (TPSA) is 97.1 Å². The fraction of sp³-hybridized carbons (Fsp3) is 0.200. The minimum absolute atomic E-state index is 0.0772. The molecule has 2 heterocycles. The van der Waals surface area contributed by atoms with E-state index in [1.54, 1.807) is 0 Å². The number of aromatic nitrogens is 2. The Labute approximate surface area is 155 Å². The summed E-state index contributed by atoms with van der Waals surface area (Å²) in [5.74, 6) is 0.0292. The smallest absolute Gasteiger partial charge is 0.246 e. The number of benzene rings is 2. The Hall–Kier alpha value is -3.48. The van der Waals surface area contributed by atoms with Crippen molar-refractivity contribution in [2.45, 2.75) is 25.3 Å². The molecule has 1 atom stereocenters. The zero-order chi connectivity index (χ0) is 18.6. The fourth-order valence-electron chi connectivity index (χ4n) is 3.12. The molecule has 0 saturated carbocycles. The van der Waals surface area contributed by atoms with E-state index >= 15 is 0 Å². The quantitative estimate of drug-likeness (QED) is 0.702. The van der Waals surface area contributed by atoms with Crippen molar-refractivity contribution in [2.75, 3.05) is 5.32 Å². The van der Waals surface area contributed by atoms with E-state index in [0.29, 0.717) is 18.1 Å². The monoisotopic (exact) mass is 362 g/mol. The molecule has 1 aliphatic heterocycles. The third-order valence-electron chi connectivity index (χ3n) is 4.45. The summed E-state index contributed by atoms with van der Waals surface area (Å²) in [4.78, 5) is 28.6. The highest BCUT2D eigenvalue weighted by Crippen LogP contribution is 2.34. The van der Waals surface area contributed by atoms with Gasteiger partial charge in [0.1, 0.15) is 0 Å². The number of carbonyl (C=O) groups excluding carboxylic acids is 2. The molecule has 2 aromatic carbocycles. The van der Waals surface area contributed by atoms with Gasteiger partial charge in [-0.15, -0.1) is 0 Å². The van der Waals surface area contributed by atoms with Gasteiger partial charge in [0.25, 0.3) is 0 Å². The van der Waals surface area contributed by atoms with Crippen LogP contribution in [0.2, 0.25) is 0 Å². The third kappa shape index (κ3) is 3.87. The third-order valence-corrected chi connectivity index (χ3v) is 4.45. The first-order valence-electron chi connectivity index (χ1n) is 8.71. The van der Waals surface area contributed by atoms with Gasteiger partial charge >= 0.3 is 0 Å². The molecular weight excluding hydrogens is 344 g/mol. The highest BCUT2D eigenvalue weighted by Gasteiger charge is 2.31. The van der Waals surface area contributed by atoms with Crippen molar-refractivity contribution in [3.63, 3.8) is 0 Å². The fourth-order valence-corrected chi connectivity index (χ4v) is 3.12. The van der Waals surface area contributed by atoms with E-state index < -0.39 is 5.92 Å². The van der Waals surface area contributed by atoms with Gasteiger partial charge in [-0.25, -0.2) is 0 Å². The highest BCUT2D eigenvalue weighted by atomic mass is 16.5. The normalized spacial score (nSPS) is 15.3. The number of amides is 2. The lowest BCUT2D eigenvalue weighted by Crippen LogP contribution is -2.26. The van der Waals surface area contributed by atoms with Gasteiger partial charge in [-0.05, 0) is 17.2 Å². The summed E-state index contributed by atoms with van der Waals surface area (Å²) >= 11 is 0. The van der Waals surface area contributed by atoms with Crippen molar-refractivity contribution in [3.8, 4) is 0 Å². The molecule has 0 fully saturated rings. The molecule has 27 heavy (non-hydrogen) atoms. The Balaban J connectivity index is 1.32. The Bertz CT molecular complexity index is 968. The number of anilines is 1. The maximum atomic E-state index is 12.2. The molecule has 1 aromatic heterocycles. The minimum atomic E-state index is -0.475. The lowest BCUT2D eigenvalue weighted by atomic mass is 9.97. The number of nitrogens with zero attached hydrogens (tertiary/aromatic N) is 2. The number of rotatable bonds is 6. The van der Waals surface area contributed by atoms with Gasteiger partial charge in [0, 0.05) is 18.5 Å². The van der Waals surface area contributed by atoms with Gasteiger partial charge < -0.3 is 15.2 Å². The first-order valence-corrected chi connectivity index (χ1v) is 8.71. The van der Waals surface area contributed by atoms with Gasteiger partial charge in [0.15, 0.2) is 5.82 Å². The van der Waals surface area contributed by atoms with Crippen LogP contribution >= 0.6 is 0 Å². The van der Waals surface area contributed by atoms with E-state index in [9.17, 15) is 9.59 Å². The van der Waals surface area contributed by atoms with E-state index in [1.807, 2.05) is 54.6 Å². The molecule has 7 heteroatoms. The summed E-state index contributed by atoms with van der Waals surface area (Å²) in [5, 5.41) is 9.47. The minimum Gasteiger partial charge on any atom is -0.347 e. The SMILES string of the molecule is O=C(C[C@H]1C(=O)Nc2ccccc21)NCc1nc(Cc2ccccc2)no1. The van der Waals surface area contributed by atoms with Crippen molar-refractivity contribution in [2.24, 2.45) is 0 Å². The zero-order valence-corrected chi connectivity index (χ0v) is 14.5. The Morgan fingerprint density at radius 2 is 1.89 bits per heavy atom. The van der Waals surface area contributed by atoms with Crippen LogP contribution in [0.1, 0.15) is 35.2 Å². The second-order valence-electron chi connectivity index (χ2n) is 6.38. The average Bonchev–Trinajstić information content (AvgIpc) is 3.25. The number of para-hydroxylation sites is 1. The van der Waals surface area contributed by atoms with Gasteiger partial charge in [-0.2, -0.15) is 4.98 Å². The van der Waals surface area contributed by atoms with E-state index in [1.165, 1.54) is 0 Å². The molecule has 7 nitrogen and oxygen atoms in total. The number of fused-ring (bicyclic) bond motifs is 1. The number of hydrogen-bond acceptors (Lipinski definition) is 5. The van der Waals surface area contributed by atoms with E-state index in [0.717, 1.165) is 16.8 Å². The van der Waals surface area contributed by atoms with Gasteiger partial charge in [0.2, 0.25) is 17.7 Å². The molecule has 136 valence electrons. The maximum Gasteiger partial charge on any atom is 0.246 e. The standard InChI is InChI=1S/C20H18N4O3/c25-18(11-15-14-8-4-5-9-16(14)22-20(15)26)21-12-19-23-17(24-27-19)10-13-6-2-1-3-7-13/h1-9,15H,10-12H2,(H,21,25)(H,22,26)/t15-/m1/s1. The van der Waals surface area contributed by atoms with Crippen LogP contribution in [0.15, 0.2) is 59.1 Å². The molecule has 0 aliphatic carbocycles. The van der Waals surface area contributed by atoms with E-state index in [2.05, 4.69) is 20.8 Å². The molecule has 0 saturated heterocycles. The van der Waals surface area contributed by atoms with Crippen LogP contribution in [-0.2, 0) is 22.6 Å². The molecule has 0 unspecified atom stereocenters. The van der Waals surface area contributed by atoms with E-state index in [4.69, 9.17) is 4.52 Å². The van der Waals surface area contributed by atoms with Crippen LogP contribution < -0.4 is 10.6 Å². The maximum absolute atomic E-state index is 12.2. The van der Waals surface area contributed by atoms with Crippen LogP contribution in [0.5, 0.6) is 0 Å². The summed E-state index contributed by atoms with van der Waals surface area (Å²) < 4.78 is 5.18. The number of carbonyl (C=O) groups is 2. The summed E-state index contributed by atoms with van der Waals surface area (Å²) in [6.07, 6.45) is 0.644. The predicted octanol–water partition coefficient (Wildman–Crippen LogP) is 2.40. The van der Waals surface area contributed by atoms with Crippen LogP contribution in [0.25, 0.3) is 0 Å². The molecule has 4 rings (SSSR count). The second-order valence-corrected chi connectivity index (χ2v) is 6.38. The summed E-state index contributed by atoms with van der Waals surface area (Å²) in [6.45, 7) is 0.136. The molecular formula is C20H18N4O3. The lowest BCUT2D eigenvalue weighted by Gasteiger charge is -2.08. The van der Waals surface area contributed by atoms with Gasteiger partial charge in [0.05, 0.1) is 12.5 Å². The highest BCUT2D eigenvalue weighted by molar-refractivity contribution is 6.04. The van der Waals surface area contributed by atoms with Gasteiger partial charge in [-0.1, -0.05) is 53.7 Å². The van der Waals surface area contributed by atoms with Crippen molar-refractivity contribution >= 4 is 17.5 Å². The lowest BCUT2D eigenvalue weighted by molar-refractivity contribution is -0.125. The number of nitrogens with one attached hydrogen (secondary N) is 2. The van der Waals surface area contributed by atoms with Gasteiger partial charge in [-0.3, -0.25) is 9.59 Å². The molecule has 3 aromatic rings. The second kappa shape index (κ2) is 7.41. The van der Waals surface area contributed by atoms with Crippen LogP contribution in [0, 0.1) is 0 Å². The van der Waals surface area contributed by atoms with Crippen LogP contribution in [0.4, 0.5) is 5.69 Å². The van der Waals surface area contributed by atoms with Crippen molar-refractivity contribution in [3.05, 3.63) is 77.4 Å².